The molecule has 0 heterocycles. The first kappa shape index (κ1) is 12.9. The molecule has 4 N–H and O–H groups in total. The van der Waals surface area contributed by atoms with Gasteiger partial charge in [0.1, 0.15) is 5.92 Å². The quantitative estimate of drug-likeness (QED) is 0.390. The van der Waals surface area contributed by atoms with Crippen molar-refractivity contribution in [3.63, 3.8) is 0 Å². The summed E-state index contributed by atoms with van der Waals surface area (Å²) < 4.78 is 0. The van der Waals surface area contributed by atoms with Gasteiger partial charge in [-0.2, -0.15) is 11.8 Å². The first-order valence-electron chi connectivity index (χ1n) is 3.60. The molecular weight excluding hydrogens is 210 g/mol. The summed E-state index contributed by atoms with van der Waals surface area (Å²) in [7, 11) is 0. The summed E-state index contributed by atoms with van der Waals surface area (Å²) in [6, 6.07) is 0. The lowest BCUT2D eigenvalue weighted by atomic mass is 9.87. The second-order valence-corrected chi connectivity index (χ2v) is 3.61. The van der Waals surface area contributed by atoms with Crippen LogP contribution in [0.25, 0.3) is 0 Å². The minimum Gasteiger partial charge on any atom is -0.481 e. The minimum atomic E-state index is -2.35. The van der Waals surface area contributed by atoms with Crippen LogP contribution in [0.4, 0.5) is 0 Å². The molecule has 0 aliphatic carbocycles. The molecule has 2 atom stereocenters. The summed E-state index contributed by atoms with van der Waals surface area (Å²) >= 11 is 1.11. The Morgan fingerprint density at radius 2 is 2.07 bits per heavy atom. The number of rotatable bonds is 6. The lowest BCUT2D eigenvalue weighted by Crippen LogP contribution is -2.59. The van der Waals surface area contributed by atoms with E-state index < -0.39 is 23.4 Å². The molecule has 0 radical (unpaired) electrons. The second-order valence-electron chi connectivity index (χ2n) is 2.70. The molecule has 80 valence electrons. The van der Waals surface area contributed by atoms with Gasteiger partial charge in [-0.15, -0.1) is 0 Å². The van der Waals surface area contributed by atoms with E-state index in [-0.39, 0.29) is 12.0 Å². The number of hydrogen-bond donors (Lipinski definition) is 3. The van der Waals surface area contributed by atoms with Crippen LogP contribution >= 0.6 is 11.8 Å². The molecule has 0 saturated carbocycles. The van der Waals surface area contributed by atoms with E-state index in [1.54, 1.807) is 6.26 Å². The van der Waals surface area contributed by atoms with Crippen LogP contribution in [0.5, 0.6) is 0 Å². The Morgan fingerprint density at radius 1 is 1.57 bits per heavy atom. The van der Waals surface area contributed by atoms with E-state index in [0.717, 1.165) is 11.8 Å². The maximum Gasteiger partial charge on any atom is 0.332 e. The zero-order valence-corrected chi connectivity index (χ0v) is 8.28. The van der Waals surface area contributed by atoms with Crippen molar-refractivity contribution in [2.45, 2.75) is 5.54 Å². The molecule has 0 aliphatic heterocycles. The minimum absolute atomic E-state index is 0.0309. The average molecular weight is 221 g/mol. The van der Waals surface area contributed by atoms with Crippen molar-refractivity contribution in [3.8, 4) is 0 Å². The molecule has 0 bridgehead atoms. The van der Waals surface area contributed by atoms with Gasteiger partial charge in [0.2, 0.25) is 0 Å². The lowest BCUT2D eigenvalue weighted by Gasteiger charge is -2.24. The zero-order valence-electron chi connectivity index (χ0n) is 7.47. The third-order valence-corrected chi connectivity index (χ3v) is 2.44. The number of aliphatic carboxylic acids is 2. The standard InChI is InChI=1S/C7H11NO5S/c1-14-2-4(5(10)11)7(8,3-9)6(12)13/h3-4H,2,8H2,1H3,(H,10,11)(H,12,13)/t4?,7-/m0/s1. The third-order valence-electron chi connectivity index (χ3n) is 1.77. The summed E-state index contributed by atoms with van der Waals surface area (Å²) in [6.07, 6.45) is 1.56. The monoisotopic (exact) mass is 221 g/mol. The molecular formula is C7H11NO5S. The second kappa shape index (κ2) is 4.97. The van der Waals surface area contributed by atoms with Gasteiger partial charge in [-0.05, 0) is 6.26 Å². The Balaban J connectivity index is 5.02. The van der Waals surface area contributed by atoms with E-state index in [1.165, 1.54) is 0 Å². The van der Waals surface area contributed by atoms with Gasteiger partial charge in [-0.1, -0.05) is 0 Å². The van der Waals surface area contributed by atoms with Gasteiger partial charge < -0.3 is 20.7 Å². The van der Waals surface area contributed by atoms with Crippen molar-refractivity contribution < 1.29 is 24.6 Å². The van der Waals surface area contributed by atoms with Gasteiger partial charge in [0, 0.05) is 5.75 Å². The molecule has 0 saturated heterocycles. The predicted molar refractivity (Wildman–Crippen MR) is 50.1 cm³/mol. The summed E-state index contributed by atoms with van der Waals surface area (Å²) in [6.45, 7) is 0. The number of thioether (sulfide) groups is 1. The fraction of sp³-hybridized carbons (Fsp3) is 0.571. The molecule has 1 unspecified atom stereocenters. The van der Waals surface area contributed by atoms with Crippen LogP contribution in [0, 0.1) is 5.92 Å². The van der Waals surface area contributed by atoms with Gasteiger partial charge >= 0.3 is 11.9 Å². The first-order chi connectivity index (χ1) is 6.40. The predicted octanol–water partition coefficient (Wildman–Crippen LogP) is -0.969. The molecule has 0 fully saturated rings. The normalized spacial score (nSPS) is 16.7. The highest BCUT2D eigenvalue weighted by Gasteiger charge is 2.46. The molecule has 0 amide bonds. The average Bonchev–Trinajstić information content (AvgIpc) is 2.12. The summed E-state index contributed by atoms with van der Waals surface area (Å²) in [4.78, 5) is 31.8. The van der Waals surface area contributed by atoms with Gasteiger partial charge in [-0.25, -0.2) is 4.79 Å². The Labute approximate surface area is 84.5 Å². The van der Waals surface area contributed by atoms with Crippen molar-refractivity contribution >= 4 is 30.0 Å². The number of nitrogens with two attached hydrogens (primary N) is 1. The van der Waals surface area contributed by atoms with Gasteiger partial charge in [0.15, 0.2) is 11.8 Å². The van der Waals surface area contributed by atoms with Crippen LogP contribution in [0.1, 0.15) is 0 Å². The number of carbonyl (C=O) groups excluding carboxylic acids is 1. The van der Waals surface area contributed by atoms with Crippen molar-refractivity contribution in [1.29, 1.82) is 0 Å². The fourth-order valence-electron chi connectivity index (χ4n) is 0.862. The topological polar surface area (TPSA) is 118 Å². The number of carboxylic acids is 2. The van der Waals surface area contributed by atoms with Crippen LogP contribution in [0.2, 0.25) is 0 Å². The Bertz CT molecular complexity index is 256. The first-order valence-corrected chi connectivity index (χ1v) is 4.99. The maximum absolute atomic E-state index is 10.7. The summed E-state index contributed by atoms with van der Waals surface area (Å²) in [5.41, 5.74) is 2.86. The van der Waals surface area contributed by atoms with E-state index in [0.29, 0.717) is 0 Å². The zero-order chi connectivity index (χ0) is 11.4. The van der Waals surface area contributed by atoms with Crippen molar-refractivity contribution in [3.05, 3.63) is 0 Å². The number of carbonyl (C=O) groups is 3. The number of carboxylic acid groups (broad SMARTS) is 2. The fourth-order valence-corrected chi connectivity index (χ4v) is 1.61. The molecule has 0 aromatic heterocycles. The van der Waals surface area contributed by atoms with E-state index in [4.69, 9.17) is 15.9 Å². The SMILES string of the molecule is CSCC(C(=O)O)[C@@](N)(C=O)C(=O)O. The molecule has 6 nitrogen and oxygen atoms in total. The smallest absolute Gasteiger partial charge is 0.332 e. The molecule has 0 rings (SSSR count). The molecule has 0 aromatic rings. The Kier molecular flexibility index (Phi) is 4.58. The highest BCUT2D eigenvalue weighted by Crippen LogP contribution is 2.18. The van der Waals surface area contributed by atoms with Crippen LogP contribution in [-0.2, 0) is 14.4 Å². The number of hydrogen-bond acceptors (Lipinski definition) is 5. The van der Waals surface area contributed by atoms with Crippen LogP contribution in [0.3, 0.4) is 0 Å². The molecule has 0 spiro atoms. The van der Waals surface area contributed by atoms with E-state index in [9.17, 15) is 14.4 Å². The maximum atomic E-state index is 10.7. The van der Waals surface area contributed by atoms with Gasteiger partial charge in [-0.3, -0.25) is 4.79 Å². The lowest BCUT2D eigenvalue weighted by molar-refractivity contribution is -0.156. The van der Waals surface area contributed by atoms with Crippen LogP contribution in [-0.4, -0.2) is 46.0 Å². The van der Waals surface area contributed by atoms with Gasteiger partial charge in [0.05, 0.1) is 0 Å². The highest BCUT2D eigenvalue weighted by atomic mass is 32.2. The Morgan fingerprint density at radius 3 is 2.29 bits per heavy atom. The number of aldehydes is 1. The van der Waals surface area contributed by atoms with Gasteiger partial charge in [0.25, 0.3) is 0 Å². The van der Waals surface area contributed by atoms with Crippen LogP contribution < -0.4 is 5.73 Å². The Hall–Kier alpha value is -1.08. The summed E-state index contributed by atoms with van der Waals surface area (Å²) in [5, 5.41) is 17.4. The molecule has 14 heavy (non-hydrogen) atoms. The summed E-state index contributed by atoms with van der Waals surface area (Å²) in [5.74, 6) is -4.48. The largest absolute Gasteiger partial charge is 0.481 e. The van der Waals surface area contributed by atoms with E-state index in [1.807, 2.05) is 0 Å². The van der Waals surface area contributed by atoms with Crippen molar-refractivity contribution in [2.24, 2.45) is 11.7 Å². The van der Waals surface area contributed by atoms with Crippen LogP contribution in [0.15, 0.2) is 0 Å². The van der Waals surface area contributed by atoms with E-state index in [2.05, 4.69) is 0 Å². The molecule has 7 heteroatoms. The third kappa shape index (κ3) is 2.46. The van der Waals surface area contributed by atoms with Crippen molar-refractivity contribution in [2.75, 3.05) is 12.0 Å². The van der Waals surface area contributed by atoms with Crippen molar-refractivity contribution in [1.82, 2.24) is 0 Å². The highest BCUT2D eigenvalue weighted by molar-refractivity contribution is 7.98. The molecule has 0 aliphatic rings. The molecule has 0 aromatic carbocycles. The van der Waals surface area contributed by atoms with E-state index >= 15 is 0 Å².